The van der Waals surface area contributed by atoms with Crippen LogP contribution in [0.4, 0.5) is 5.13 Å². The number of para-hydroxylation sites is 1. The molecule has 0 bridgehead atoms. The summed E-state index contributed by atoms with van der Waals surface area (Å²) in [4.78, 5) is 22.4. The molecule has 7 nitrogen and oxygen atoms in total. The SMILES string of the molecule is Cc1cccc2sc(N(CCCN(C)C)C(=O)C3CCN(S(=O)(=O)c4ccc(Cl)s4)CC3)nc12. The van der Waals surface area contributed by atoms with Gasteiger partial charge in [-0.1, -0.05) is 35.1 Å². The van der Waals surface area contributed by atoms with Crippen molar-refractivity contribution in [2.45, 2.75) is 30.4 Å². The highest BCUT2D eigenvalue weighted by atomic mass is 35.5. The maximum absolute atomic E-state index is 13.7. The average molecular weight is 541 g/mol. The summed E-state index contributed by atoms with van der Waals surface area (Å²) in [5.41, 5.74) is 2.02. The number of anilines is 1. The van der Waals surface area contributed by atoms with Gasteiger partial charge in [-0.3, -0.25) is 9.69 Å². The number of carbonyl (C=O) groups is 1. The second-order valence-corrected chi connectivity index (χ2v) is 13.7. The molecule has 1 fully saturated rings. The predicted octanol–water partition coefficient (Wildman–Crippen LogP) is 4.71. The third-order valence-electron chi connectivity index (χ3n) is 6.04. The number of thiophene rings is 1. The quantitative estimate of drug-likeness (QED) is 0.414. The number of hydrogen-bond donors (Lipinski definition) is 0. The van der Waals surface area contributed by atoms with Gasteiger partial charge in [-0.05, 0) is 70.6 Å². The summed E-state index contributed by atoms with van der Waals surface area (Å²) in [5, 5.41) is 0.719. The van der Waals surface area contributed by atoms with Crippen LogP contribution < -0.4 is 4.90 Å². The number of amides is 1. The first-order valence-corrected chi connectivity index (χ1v) is 14.7. The first-order valence-electron chi connectivity index (χ1n) is 11.2. The minimum absolute atomic E-state index is 0.0340. The highest BCUT2D eigenvalue weighted by Crippen LogP contribution is 2.34. The summed E-state index contributed by atoms with van der Waals surface area (Å²) in [6.45, 7) is 4.12. The van der Waals surface area contributed by atoms with Crippen molar-refractivity contribution in [3.05, 3.63) is 40.2 Å². The van der Waals surface area contributed by atoms with Crippen molar-refractivity contribution in [1.82, 2.24) is 14.2 Å². The van der Waals surface area contributed by atoms with E-state index in [-0.39, 0.29) is 16.0 Å². The van der Waals surface area contributed by atoms with E-state index in [2.05, 4.69) is 4.90 Å². The molecule has 0 saturated carbocycles. The van der Waals surface area contributed by atoms with Crippen LogP contribution in [0.2, 0.25) is 4.34 Å². The maximum atomic E-state index is 13.7. The third kappa shape index (κ3) is 5.47. The van der Waals surface area contributed by atoms with Crippen LogP contribution in [-0.2, 0) is 14.8 Å². The minimum atomic E-state index is -3.58. The van der Waals surface area contributed by atoms with Gasteiger partial charge in [0.25, 0.3) is 10.0 Å². The van der Waals surface area contributed by atoms with E-state index in [9.17, 15) is 13.2 Å². The Hall–Kier alpha value is -1.56. The van der Waals surface area contributed by atoms with Gasteiger partial charge in [-0.2, -0.15) is 4.31 Å². The van der Waals surface area contributed by atoms with Crippen LogP contribution in [0.1, 0.15) is 24.8 Å². The number of aryl methyl sites for hydroxylation is 1. The maximum Gasteiger partial charge on any atom is 0.252 e. The summed E-state index contributed by atoms with van der Waals surface area (Å²) in [6, 6.07) is 9.21. The number of rotatable bonds is 8. The highest BCUT2D eigenvalue weighted by molar-refractivity contribution is 7.91. The molecule has 1 saturated heterocycles. The summed E-state index contributed by atoms with van der Waals surface area (Å²) in [5.74, 6) is -0.197. The van der Waals surface area contributed by atoms with E-state index in [1.165, 1.54) is 15.6 Å². The molecule has 1 aliphatic rings. The summed E-state index contributed by atoms with van der Waals surface area (Å²) in [6.07, 6.45) is 1.82. The summed E-state index contributed by atoms with van der Waals surface area (Å²) >= 11 is 8.54. The monoisotopic (exact) mass is 540 g/mol. The number of nitrogens with zero attached hydrogens (tertiary/aromatic N) is 4. The van der Waals surface area contributed by atoms with Crippen LogP contribution in [-0.4, -0.2) is 68.8 Å². The summed E-state index contributed by atoms with van der Waals surface area (Å²) in [7, 11) is 0.454. The molecule has 34 heavy (non-hydrogen) atoms. The van der Waals surface area contributed by atoms with Crippen molar-refractivity contribution in [3.63, 3.8) is 0 Å². The van der Waals surface area contributed by atoms with Gasteiger partial charge in [-0.25, -0.2) is 13.4 Å². The van der Waals surface area contributed by atoms with E-state index < -0.39 is 10.0 Å². The lowest BCUT2D eigenvalue weighted by molar-refractivity contribution is -0.123. The fraction of sp³-hybridized carbons (Fsp3) is 0.478. The fourth-order valence-electron chi connectivity index (χ4n) is 4.16. The van der Waals surface area contributed by atoms with Crippen molar-refractivity contribution in [2.24, 2.45) is 5.92 Å². The molecule has 3 heterocycles. The number of hydrogen-bond acceptors (Lipinski definition) is 7. The van der Waals surface area contributed by atoms with Crippen LogP contribution in [0.25, 0.3) is 10.2 Å². The van der Waals surface area contributed by atoms with Gasteiger partial charge in [0.05, 0.1) is 14.6 Å². The van der Waals surface area contributed by atoms with Crippen LogP contribution in [0.15, 0.2) is 34.5 Å². The van der Waals surface area contributed by atoms with Gasteiger partial charge in [0.2, 0.25) is 5.91 Å². The lowest BCUT2D eigenvalue weighted by Crippen LogP contribution is -2.45. The van der Waals surface area contributed by atoms with Crippen LogP contribution in [0.3, 0.4) is 0 Å². The van der Waals surface area contributed by atoms with Gasteiger partial charge in [0.1, 0.15) is 4.21 Å². The number of fused-ring (bicyclic) bond motifs is 1. The lowest BCUT2D eigenvalue weighted by Gasteiger charge is -2.32. The molecule has 4 rings (SSSR count). The number of benzene rings is 1. The Morgan fingerprint density at radius 3 is 2.50 bits per heavy atom. The normalized spacial score (nSPS) is 15.9. The van der Waals surface area contributed by atoms with Crippen molar-refractivity contribution >= 4 is 65.6 Å². The Balaban J connectivity index is 1.50. The Labute approximate surface area is 214 Å². The standard InChI is InChI=1S/C23H29ClN4O3S3/c1-16-6-4-7-18-21(16)25-23(32-18)28(13-5-12-26(2)3)22(29)17-10-14-27(15-11-17)34(30,31)20-9-8-19(24)33-20/h4,6-9,17H,5,10-15H2,1-3H3. The summed E-state index contributed by atoms with van der Waals surface area (Å²) < 4.78 is 29.1. The van der Waals surface area contributed by atoms with Crippen LogP contribution in [0.5, 0.6) is 0 Å². The molecule has 1 amide bonds. The molecule has 0 aliphatic carbocycles. The van der Waals surface area contributed by atoms with Crippen LogP contribution >= 0.6 is 34.3 Å². The number of halogens is 1. The Morgan fingerprint density at radius 1 is 1.15 bits per heavy atom. The highest BCUT2D eigenvalue weighted by Gasteiger charge is 2.35. The van der Waals surface area contributed by atoms with Gasteiger partial charge < -0.3 is 4.90 Å². The largest absolute Gasteiger partial charge is 0.309 e. The molecule has 1 aromatic carbocycles. The van der Waals surface area contributed by atoms with E-state index in [4.69, 9.17) is 16.6 Å². The van der Waals surface area contributed by atoms with E-state index in [0.717, 1.165) is 45.2 Å². The van der Waals surface area contributed by atoms with E-state index >= 15 is 0 Å². The van der Waals surface area contributed by atoms with Crippen molar-refractivity contribution in [1.29, 1.82) is 0 Å². The predicted molar refractivity (Wildman–Crippen MR) is 141 cm³/mol. The molecule has 3 aromatic rings. The molecular formula is C23H29ClN4O3S3. The molecule has 11 heteroatoms. The average Bonchev–Trinajstić information content (AvgIpc) is 3.44. The zero-order valence-electron chi connectivity index (χ0n) is 19.5. The molecule has 0 atom stereocenters. The van der Waals surface area contributed by atoms with Gasteiger partial charge in [0.15, 0.2) is 5.13 Å². The van der Waals surface area contributed by atoms with Gasteiger partial charge in [-0.15, -0.1) is 11.3 Å². The number of aromatic nitrogens is 1. The van der Waals surface area contributed by atoms with Crippen molar-refractivity contribution in [3.8, 4) is 0 Å². The number of sulfonamides is 1. The molecule has 0 spiro atoms. The Bertz CT molecular complexity index is 1260. The lowest BCUT2D eigenvalue weighted by atomic mass is 9.96. The van der Waals surface area contributed by atoms with Crippen molar-refractivity contribution < 1.29 is 13.2 Å². The number of piperidine rings is 1. The topological polar surface area (TPSA) is 73.8 Å². The number of carbonyl (C=O) groups excluding carboxylic acids is 1. The molecule has 1 aliphatic heterocycles. The first-order chi connectivity index (χ1) is 16.2. The molecular weight excluding hydrogens is 512 g/mol. The zero-order chi connectivity index (χ0) is 24.5. The molecule has 2 aromatic heterocycles. The van der Waals surface area contributed by atoms with Gasteiger partial charge in [0, 0.05) is 25.6 Å². The molecule has 0 unspecified atom stereocenters. The minimum Gasteiger partial charge on any atom is -0.309 e. The van der Waals surface area contributed by atoms with Crippen molar-refractivity contribution in [2.75, 3.05) is 45.2 Å². The third-order valence-corrected chi connectivity index (χ3v) is 10.7. The molecule has 0 radical (unpaired) electrons. The second kappa shape index (κ2) is 10.6. The number of thiazole rings is 1. The van der Waals surface area contributed by atoms with Gasteiger partial charge >= 0.3 is 0 Å². The molecule has 0 N–H and O–H groups in total. The second-order valence-electron chi connectivity index (χ2n) is 8.80. The van der Waals surface area contributed by atoms with E-state index in [1.807, 2.05) is 44.1 Å². The molecule has 184 valence electrons. The Morgan fingerprint density at radius 2 is 1.88 bits per heavy atom. The zero-order valence-corrected chi connectivity index (χ0v) is 22.7. The smallest absolute Gasteiger partial charge is 0.252 e. The fourth-order valence-corrected chi connectivity index (χ4v) is 8.34. The Kier molecular flexibility index (Phi) is 7.95. The van der Waals surface area contributed by atoms with E-state index in [0.29, 0.717) is 36.8 Å². The first kappa shape index (κ1) is 25.5. The van der Waals surface area contributed by atoms with E-state index in [1.54, 1.807) is 12.1 Å². The van der Waals surface area contributed by atoms with Crippen LogP contribution in [0, 0.1) is 12.8 Å².